The summed E-state index contributed by atoms with van der Waals surface area (Å²) in [5.74, 6) is 0.371. The van der Waals surface area contributed by atoms with E-state index in [-0.39, 0.29) is 11.8 Å². The zero-order valence-corrected chi connectivity index (χ0v) is 14.9. The van der Waals surface area contributed by atoms with E-state index in [0.717, 1.165) is 16.9 Å². The molecule has 3 aromatic rings. The Morgan fingerprint density at radius 2 is 1.19 bits per heavy atom. The van der Waals surface area contributed by atoms with Crippen molar-refractivity contribution >= 4 is 23.6 Å². The van der Waals surface area contributed by atoms with Crippen LogP contribution in [0, 0.1) is 0 Å². The highest BCUT2D eigenvalue weighted by atomic mass is 32.2. The number of hydrogen-bond donors (Lipinski definition) is 0. The minimum absolute atomic E-state index is 0.212. The molecule has 128 valence electrons. The van der Waals surface area contributed by atoms with Gasteiger partial charge in [0.05, 0.1) is 17.7 Å². The molecule has 1 aliphatic rings. The zero-order chi connectivity index (χ0) is 17.9. The van der Waals surface area contributed by atoms with Gasteiger partial charge in [-0.3, -0.25) is 14.5 Å². The molecular weight excluding hydrogens is 342 g/mol. The number of nitrogens with zero attached hydrogens (tertiary/aromatic N) is 1. The molecule has 2 amide bonds. The largest absolute Gasteiger partial charge is 0.270 e. The second-order valence-electron chi connectivity index (χ2n) is 6.11. The fourth-order valence-electron chi connectivity index (χ4n) is 3.08. The Hall–Kier alpha value is -2.85. The number of carbonyl (C=O) groups is 2. The Labute approximate surface area is 156 Å². The number of rotatable bonds is 5. The molecule has 1 heterocycles. The van der Waals surface area contributed by atoms with Crippen LogP contribution in [-0.4, -0.2) is 16.7 Å². The summed E-state index contributed by atoms with van der Waals surface area (Å²) in [5, 5.41) is 0. The van der Waals surface area contributed by atoms with Crippen molar-refractivity contribution < 1.29 is 9.59 Å². The van der Waals surface area contributed by atoms with E-state index >= 15 is 0 Å². The number of imide groups is 1. The number of thioether (sulfide) groups is 1. The van der Waals surface area contributed by atoms with Crippen LogP contribution in [0.4, 0.5) is 0 Å². The Kier molecular flexibility index (Phi) is 4.59. The van der Waals surface area contributed by atoms with Crippen LogP contribution in [0.1, 0.15) is 31.8 Å². The lowest BCUT2D eigenvalue weighted by Crippen LogP contribution is -2.29. The summed E-state index contributed by atoms with van der Waals surface area (Å²) < 4.78 is 0. The van der Waals surface area contributed by atoms with Crippen molar-refractivity contribution in [2.24, 2.45) is 0 Å². The van der Waals surface area contributed by atoms with E-state index in [1.807, 2.05) is 36.4 Å². The van der Waals surface area contributed by atoms with Gasteiger partial charge in [0.15, 0.2) is 0 Å². The molecule has 0 bridgehead atoms. The molecule has 3 nitrogen and oxygen atoms in total. The van der Waals surface area contributed by atoms with E-state index in [9.17, 15) is 9.59 Å². The van der Waals surface area contributed by atoms with E-state index < -0.39 is 0 Å². The van der Waals surface area contributed by atoms with E-state index in [2.05, 4.69) is 18.2 Å². The Morgan fingerprint density at radius 3 is 1.85 bits per heavy atom. The van der Waals surface area contributed by atoms with Gasteiger partial charge < -0.3 is 0 Å². The summed E-state index contributed by atoms with van der Waals surface area (Å²) in [5.41, 5.74) is 3.13. The van der Waals surface area contributed by atoms with Gasteiger partial charge in [0.2, 0.25) is 0 Å². The van der Waals surface area contributed by atoms with Crippen LogP contribution in [0.25, 0.3) is 0 Å². The predicted octanol–water partition coefficient (Wildman–Crippen LogP) is 4.78. The maximum atomic E-state index is 12.6. The molecule has 3 aromatic carbocycles. The highest BCUT2D eigenvalue weighted by Crippen LogP contribution is 2.28. The predicted molar refractivity (Wildman–Crippen MR) is 103 cm³/mol. The molecule has 0 N–H and O–H groups in total. The lowest BCUT2D eigenvalue weighted by molar-refractivity contribution is 0.0642. The highest BCUT2D eigenvalue weighted by molar-refractivity contribution is 7.98. The van der Waals surface area contributed by atoms with Gasteiger partial charge >= 0.3 is 0 Å². The smallest absolute Gasteiger partial charge is 0.261 e. The molecule has 0 saturated carbocycles. The minimum atomic E-state index is -0.212. The van der Waals surface area contributed by atoms with Crippen molar-refractivity contribution in [3.05, 3.63) is 101 Å². The number of carbonyl (C=O) groups excluding carboxylic acids is 2. The molecule has 0 aromatic heterocycles. The highest BCUT2D eigenvalue weighted by Gasteiger charge is 2.35. The summed E-state index contributed by atoms with van der Waals surface area (Å²) >= 11 is 1.75. The molecule has 0 aliphatic carbocycles. The third-order valence-corrected chi connectivity index (χ3v) is 5.52. The number of hydrogen-bond acceptors (Lipinski definition) is 3. The fraction of sp³-hybridized carbons (Fsp3) is 0.0909. The normalized spacial score (nSPS) is 13.2. The van der Waals surface area contributed by atoms with Gasteiger partial charge in [0, 0.05) is 10.6 Å². The van der Waals surface area contributed by atoms with Crippen LogP contribution in [-0.2, 0) is 12.3 Å². The fourth-order valence-corrected chi connectivity index (χ4v) is 4.04. The van der Waals surface area contributed by atoms with Crippen molar-refractivity contribution in [3.63, 3.8) is 0 Å². The van der Waals surface area contributed by atoms with Crippen molar-refractivity contribution in [3.8, 4) is 0 Å². The molecule has 0 saturated heterocycles. The van der Waals surface area contributed by atoms with Gasteiger partial charge in [0.25, 0.3) is 11.8 Å². The molecule has 0 spiro atoms. The molecule has 0 radical (unpaired) electrons. The Bertz CT molecular complexity index is 934. The molecule has 0 fully saturated rings. The topological polar surface area (TPSA) is 37.4 Å². The molecule has 4 heteroatoms. The van der Waals surface area contributed by atoms with Crippen LogP contribution >= 0.6 is 11.8 Å². The maximum Gasteiger partial charge on any atom is 0.261 e. The number of benzene rings is 3. The van der Waals surface area contributed by atoms with Gasteiger partial charge in [-0.05, 0) is 35.4 Å². The molecule has 1 aliphatic heterocycles. The quantitative estimate of drug-likeness (QED) is 0.486. The average Bonchev–Trinajstić information content (AvgIpc) is 2.93. The summed E-state index contributed by atoms with van der Waals surface area (Å²) in [6, 6.07) is 25.2. The molecule has 26 heavy (non-hydrogen) atoms. The van der Waals surface area contributed by atoms with Crippen LogP contribution in [0.5, 0.6) is 0 Å². The van der Waals surface area contributed by atoms with E-state index in [1.54, 1.807) is 36.0 Å². The molecule has 4 rings (SSSR count). The van der Waals surface area contributed by atoms with Crippen molar-refractivity contribution in [1.82, 2.24) is 4.90 Å². The average molecular weight is 359 g/mol. The van der Waals surface area contributed by atoms with Crippen molar-refractivity contribution in [2.75, 3.05) is 0 Å². The van der Waals surface area contributed by atoms with Crippen LogP contribution < -0.4 is 0 Å². The minimum Gasteiger partial charge on any atom is -0.270 e. The maximum absolute atomic E-state index is 12.6. The standard InChI is InChI=1S/C22H17NO2S/c24-21-19-12-6-7-13-20(19)22(25)23(21)14-16-8-4-5-9-17(16)15-26-18-10-2-1-3-11-18/h1-13H,14-15H2. The second kappa shape index (κ2) is 7.18. The van der Waals surface area contributed by atoms with Gasteiger partial charge in [-0.2, -0.15) is 0 Å². The first-order valence-electron chi connectivity index (χ1n) is 8.44. The van der Waals surface area contributed by atoms with Gasteiger partial charge in [-0.1, -0.05) is 54.6 Å². The monoisotopic (exact) mass is 359 g/mol. The number of amides is 2. The van der Waals surface area contributed by atoms with Crippen LogP contribution in [0.2, 0.25) is 0 Å². The van der Waals surface area contributed by atoms with Crippen molar-refractivity contribution in [2.45, 2.75) is 17.2 Å². The van der Waals surface area contributed by atoms with E-state index in [4.69, 9.17) is 0 Å². The number of fused-ring (bicyclic) bond motifs is 1. The molecule has 0 atom stereocenters. The van der Waals surface area contributed by atoms with E-state index in [0.29, 0.717) is 17.7 Å². The Balaban J connectivity index is 1.54. The molecule has 0 unspecified atom stereocenters. The van der Waals surface area contributed by atoms with E-state index in [1.165, 1.54) is 9.80 Å². The van der Waals surface area contributed by atoms with Crippen LogP contribution in [0.3, 0.4) is 0 Å². The third-order valence-electron chi connectivity index (χ3n) is 4.46. The third kappa shape index (κ3) is 3.16. The second-order valence-corrected chi connectivity index (χ2v) is 7.16. The van der Waals surface area contributed by atoms with Gasteiger partial charge in [0.1, 0.15) is 0 Å². The molecular formula is C22H17NO2S. The van der Waals surface area contributed by atoms with Gasteiger partial charge in [-0.15, -0.1) is 11.8 Å². The lowest BCUT2D eigenvalue weighted by atomic mass is 10.1. The van der Waals surface area contributed by atoms with Gasteiger partial charge in [-0.25, -0.2) is 0 Å². The van der Waals surface area contributed by atoms with Crippen LogP contribution in [0.15, 0.2) is 83.8 Å². The summed E-state index contributed by atoms with van der Waals surface area (Å²) in [6.45, 7) is 0.303. The summed E-state index contributed by atoms with van der Waals surface area (Å²) in [4.78, 5) is 27.7. The summed E-state index contributed by atoms with van der Waals surface area (Å²) in [7, 11) is 0. The lowest BCUT2D eigenvalue weighted by Gasteiger charge is -2.16. The first-order chi connectivity index (χ1) is 12.7. The first-order valence-corrected chi connectivity index (χ1v) is 9.42. The first kappa shape index (κ1) is 16.6. The zero-order valence-electron chi connectivity index (χ0n) is 14.1. The summed E-state index contributed by atoms with van der Waals surface area (Å²) in [6.07, 6.45) is 0. The Morgan fingerprint density at radius 1 is 0.654 bits per heavy atom. The van der Waals surface area contributed by atoms with Crippen molar-refractivity contribution in [1.29, 1.82) is 0 Å². The SMILES string of the molecule is O=C1c2ccccc2C(=O)N1Cc1ccccc1CSc1ccccc1.